The number of phosphoric acid groups is 1. The molecule has 0 aliphatic carbocycles. The van der Waals surface area contributed by atoms with Gasteiger partial charge in [0.2, 0.25) is 0 Å². The summed E-state index contributed by atoms with van der Waals surface area (Å²) in [7, 11) is -3.86. The summed E-state index contributed by atoms with van der Waals surface area (Å²) in [6, 6.07) is 0. The molecule has 0 aromatic carbocycles. The van der Waals surface area contributed by atoms with E-state index in [9.17, 15) is 9.46 Å². The molecule has 0 rings (SSSR count). The van der Waals surface area contributed by atoms with Crippen LogP contribution in [0.5, 0.6) is 0 Å². The van der Waals surface area contributed by atoms with Crippen molar-refractivity contribution in [3.63, 3.8) is 0 Å². The van der Waals surface area contributed by atoms with E-state index in [1.165, 1.54) is 135 Å². The summed E-state index contributed by atoms with van der Waals surface area (Å²) in [6.07, 6.45) is 32.0. The Labute approximate surface area is 214 Å². The lowest BCUT2D eigenvalue weighted by Gasteiger charge is -2.12. The average molecular weight is 505 g/mol. The third kappa shape index (κ3) is 28.3. The minimum Gasteiger partial charge on any atom is -0.302 e. The molecule has 206 valence electrons. The lowest BCUT2D eigenvalue weighted by molar-refractivity contribution is 0.145. The molecule has 0 fully saturated rings. The van der Waals surface area contributed by atoms with Crippen LogP contribution in [-0.2, 0) is 13.6 Å². The second kappa shape index (κ2) is 27.7. The molecule has 0 aromatic rings. The second-order valence-corrected chi connectivity index (χ2v) is 11.7. The molecule has 1 atom stereocenters. The lowest BCUT2D eigenvalue weighted by Crippen LogP contribution is -1.99. The summed E-state index contributed by atoms with van der Waals surface area (Å²) in [4.78, 5) is 9.79. The van der Waals surface area contributed by atoms with Gasteiger partial charge >= 0.3 is 7.82 Å². The maximum atomic E-state index is 11.9. The van der Waals surface area contributed by atoms with Gasteiger partial charge in [0.15, 0.2) is 0 Å². The van der Waals surface area contributed by atoms with Gasteiger partial charge in [-0.05, 0) is 12.8 Å². The molecule has 0 aliphatic rings. The number of hydrogen-bond acceptors (Lipinski definition) is 3. The summed E-state index contributed by atoms with van der Waals surface area (Å²) in [5.41, 5.74) is 0. The van der Waals surface area contributed by atoms with Crippen molar-refractivity contribution < 1.29 is 18.5 Å². The van der Waals surface area contributed by atoms with E-state index < -0.39 is 7.82 Å². The van der Waals surface area contributed by atoms with E-state index >= 15 is 0 Å². The highest BCUT2D eigenvalue weighted by Crippen LogP contribution is 2.43. The summed E-state index contributed by atoms with van der Waals surface area (Å²) in [6.45, 7) is 5.17. The van der Waals surface area contributed by atoms with Gasteiger partial charge in [-0.15, -0.1) is 0 Å². The molecule has 0 aromatic heterocycles. The van der Waals surface area contributed by atoms with Crippen molar-refractivity contribution in [1.82, 2.24) is 0 Å². The molecule has 0 saturated heterocycles. The zero-order chi connectivity index (χ0) is 25.0. The maximum absolute atomic E-state index is 11.9. The van der Waals surface area contributed by atoms with Crippen LogP contribution in [-0.4, -0.2) is 18.1 Å². The summed E-state index contributed by atoms with van der Waals surface area (Å²) in [5.74, 6) is 0. The molecule has 0 aliphatic heterocycles. The molecule has 1 N–H and O–H groups in total. The van der Waals surface area contributed by atoms with Crippen LogP contribution >= 0.6 is 7.82 Å². The fraction of sp³-hybridized carbons (Fsp3) is 1.00. The van der Waals surface area contributed by atoms with Crippen LogP contribution in [0.25, 0.3) is 0 Å². The van der Waals surface area contributed by atoms with Gasteiger partial charge in [-0.1, -0.05) is 162 Å². The van der Waals surface area contributed by atoms with Crippen molar-refractivity contribution in [3.05, 3.63) is 0 Å². The molecule has 0 saturated carbocycles. The second-order valence-electron chi connectivity index (χ2n) is 10.3. The van der Waals surface area contributed by atoms with Crippen LogP contribution in [0.2, 0.25) is 0 Å². The standard InChI is InChI=1S/C29H61O4P/c1-3-5-7-9-11-13-15-16-17-19-21-23-25-27-29-33-34(30,31)32-28-26-24-22-20-18-14-12-10-8-6-4-2/h3-29H2,1-2H3,(H,30,31). The van der Waals surface area contributed by atoms with E-state index in [2.05, 4.69) is 13.8 Å². The molecule has 1 unspecified atom stereocenters. The van der Waals surface area contributed by atoms with Crippen LogP contribution in [0, 0.1) is 0 Å². The molecule has 4 nitrogen and oxygen atoms in total. The Balaban J connectivity index is 3.28. The van der Waals surface area contributed by atoms with E-state index in [4.69, 9.17) is 9.05 Å². The van der Waals surface area contributed by atoms with E-state index in [-0.39, 0.29) is 0 Å². The van der Waals surface area contributed by atoms with Crippen LogP contribution in [0.15, 0.2) is 0 Å². The number of phosphoric ester groups is 1. The summed E-state index contributed by atoms with van der Waals surface area (Å²) in [5, 5.41) is 0. The van der Waals surface area contributed by atoms with E-state index in [0.29, 0.717) is 13.2 Å². The first-order valence-corrected chi connectivity index (χ1v) is 16.7. The fourth-order valence-corrected chi connectivity index (χ4v) is 5.25. The maximum Gasteiger partial charge on any atom is 0.472 e. The first kappa shape index (κ1) is 34.1. The molecule has 0 radical (unpaired) electrons. The van der Waals surface area contributed by atoms with E-state index in [0.717, 1.165) is 25.7 Å². The Morgan fingerprint density at radius 3 is 0.853 bits per heavy atom. The topological polar surface area (TPSA) is 55.8 Å². The Kier molecular flexibility index (Phi) is 27.8. The molecule has 5 heteroatoms. The molecule has 0 bridgehead atoms. The van der Waals surface area contributed by atoms with E-state index in [1.807, 2.05) is 0 Å². The highest BCUT2D eigenvalue weighted by atomic mass is 31.2. The largest absolute Gasteiger partial charge is 0.472 e. The Bertz CT molecular complexity index is 430. The quantitative estimate of drug-likeness (QED) is 0.0812. The van der Waals surface area contributed by atoms with Gasteiger partial charge in [0, 0.05) is 0 Å². The third-order valence-corrected chi connectivity index (χ3v) is 7.77. The Morgan fingerprint density at radius 2 is 0.618 bits per heavy atom. The van der Waals surface area contributed by atoms with Gasteiger partial charge in [-0.3, -0.25) is 9.05 Å². The van der Waals surface area contributed by atoms with E-state index in [1.54, 1.807) is 0 Å². The summed E-state index contributed by atoms with van der Waals surface area (Å²) >= 11 is 0. The molecule has 34 heavy (non-hydrogen) atoms. The first-order chi connectivity index (χ1) is 16.6. The summed E-state index contributed by atoms with van der Waals surface area (Å²) < 4.78 is 22.2. The zero-order valence-corrected chi connectivity index (χ0v) is 24.1. The molecule has 0 amide bonds. The molecular weight excluding hydrogens is 443 g/mol. The van der Waals surface area contributed by atoms with Crippen molar-refractivity contribution in [2.75, 3.05) is 13.2 Å². The number of unbranched alkanes of at least 4 members (excludes halogenated alkanes) is 23. The average Bonchev–Trinajstić information content (AvgIpc) is 2.82. The van der Waals surface area contributed by atoms with Crippen LogP contribution in [0.1, 0.15) is 174 Å². The highest BCUT2D eigenvalue weighted by molar-refractivity contribution is 7.47. The van der Waals surface area contributed by atoms with Crippen LogP contribution in [0.3, 0.4) is 0 Å². The third-order valence-electron chi connectivity index (χ3n) is 6.75. The lowest BCUT2D eigenvalue weighted by atomic mass is 10.0. The van der Waals surface area contributed by atoms with Gasteiger partial charge in [0.05, 0.1) is 13.2 Å². The molecular formula is C29H61O4P. The highest BCUT2D eigenvalue weighted by Gasteiger charge is 2.19. The minimum absolute atomic E-state index is 0.323. The van der Waals surface area contributed by atoms with Crippen molar-refractivity contribution in [1.29, 1.82) is 0 Å². The minimum atomic E-state index is -3.86. The predicted octanol–water partition coefficient (Wildman–Crippen LogP) is 10.9. The smallest absolute Gasteiger partial charge is 0.302 e. The van der Waals surface area contributed by atoms with Crippen molar-refractivity contribution in [2.45, 2.75) is 174 Å². The molecule has 0 spiro atoms. The van der Waals surface area contributed by atoms with Gasteiger partial charge in [0.1, 0.15) is 0 Å². The normalized spacial score (nSPS) is 13.4. The predicted molar refractivity (Wildman–Crippen MR) is 149 cm³/mol. The SMILES string of the molecule is CCCCCCCCCCCCCCCCOP(=O)(O)OCCCCCCCCCCCCC. The zero-order valence-electron chi connectivity index (χ0n) is 23.2. The van der Waals surface area contributed by atoms with Crippen molar-refractivity contribution >= 4 is 7.82 Å². The molecule has 0 heterocycles. The van der Waals surface area contributed by atoms with Gasteiger partial charge in [-0.2, -0.15) is 0 Å². The monoisotopic (exact) mass is 504 g/mol. The first-order valence-electron chi connectivity index (χ1n) is 15.2. The van der Waals surface area contributed by atoms with Crippen LogP contribution < -0.4 is 0 Å². The fourth-order valence-electron chi connectivity index (χ4n) is 4.46. The van der Waals surface area contributed by atoms with Crippen molar-refractivity contribution in [3.8, 4) is 0 Å². The Hall–Kier alpha value is 0.110. The van der Waals surface area contributed by atoms with Gasteiger partial charge < -0.3 is 4.89 Å². The number of rotatable bonds is 29. The number of hydrogen-bond donors (Lipinski definition) is 1. The van der Waals surface area contributed by atoms with Gasteiger partial charge in [0.25, 0.3) is 0 Å². The van der Waals surface area contributed by atoms with Crippen LogP contribution in [0.4, 0.5) is 0 Å². The van der Waals surface area contributed by atoms with Gasteiger partial charge in [-0.25, -0.2) is 4.57 Å². The Morgan fingerprint density at radius 1 is 0.412 bits per heavy atom. The van der Waals surface area contributed by atoms with Crippen molar-refractivity contribution in [2.24, 2.45) is 0 Å².